The Bertz CT molecular complexity index is 252. The fourth-order valence-corrected chi connectivity index (χ4v) is 3.51. The van der Waals surface area contributed by atoms with E-state index in [-0.39, 0.29) is 0 Å². The molecule has 0 rings (SSSR count). The molecule has 0 aliphatic heterocycles. The standard InChI is InChI=1S/C23H46O2/c1-2-3-4-5-6-7-8-9-10-11-12-13-14-15-16-17-18-19-20-23(25)21-22-24/h22-23,25H,2-21H2,1H3. The summed E-state index contributed by atoms with van der Waals surface area (Å²) in [6.45, 7) is 2.28. The van der Waals surface area contributed by atoms with Gasteiger partial charge in [-0.1, -0.05) is 122 Å². The maximum Gasteiger partial charge on any atom is 0.122 e. The van der Waals surface area contributed by atoms with E-state index >= 15 is 0 Å². The summed E-state index contributed by atoms with van der Waals surface area (Å²) in [6.07, 6.45) is 26.3. The molecule has 25 heavy (non-hydrogen) atoms. The van der Waals surface area contributed by atoms with Gasteiger partial charge in [0.25, 0.3) is 0 Å². The predicted octanol–water partition coefficient (Wildman–Crippen LogP) is 7.37. The highest BCUT2D eigenvalue weighted by atomic mass is 16.3. The van der Waals surface area contributed by atoms with Gasteiger partial charge in [-0.3, -0.25) is 0 Å². The average Bonchev–Trinajstić information content (AvgIpc) is 2.61. The fraction of sp³-hybridized carbons (Fsp3) is 0.957. The van der Waals surface area contributed by atoms with Crippen molar-refractivity contribution >= 4 is 6.29 Å². The summed E-state index contributed by atoms with van der Waals surface area (Å²) in [4.78, 5) is 10.2. The first-order valence-corrected chi connectivity index (χ1v) is 11.4. The first-order chi connectivity index (χ1) is 12.3. The summed E-state index contributed by atoms with van der Waals surface area (Å²) in [7, 11) is 0. The third-order valence-corrected chi connectivity index (χ3v) is 5.26. The number of aliphatic hydroxyl groups excluding tert-OH is 1. The van der Waals surface area contributed by atoms with Crippen LogP contribution < -0.4 is 0 Å². The maximum atomic E-state index is 10.2. The van der Waals surface area contributed by atoms with Gasteiger partial charge in [-0.2, -0.15) is 0 Å². The lowest BCUT2D eigenvalue weighted by Crippen LogP contribution is -2.06. The zero-order valence-electron chi connectivity index (χ0n) is 17.2. The third-order valence-electron chi connectivity index (χ3n) is 5.26. The zero-order chi connectivity index (χ0) is 18.4. The van der Waals surface area contributed by atoms with Crippen molar-refractivity contribution in [2.45, 2.75) is 141 Å². The Labute approximate surface area is 158 Å². The lowest BCUT2D eigenvalue weighted by Gasteiger charge is -2.06. The summed E-state index contributed by atoms with van der Waals surface area (Å²) in [5.41, 5.74) is 0. The quantitative estimate of drug-likeness (QED) is 0.172. The number of carbonyl (C=O) groups excluding carboxylic acids is 1. The summed E-state index contributed by atoms with van der Waals surface area (Å²) >= 11 is 0. The Morgan fingerprint density at radius 2 is 0.920 bits per heavy atom. The molecule has 0 aromatic rings. The van der Waals surface area contributed by atoms with Crippen molar-refractivity contribution in [1.82, 2.24) is 0 Å². The van der Waals surface area contributed by atoms with E-state index < -0.39 is 6.10 Å². The van der Waals surface area contributed by atoms with Crippen LogP contribution in [0.25, 0.3) is 0 Å². The van der Waals surface area contributed by atoms with Gasteiger partial charge in [0.1, 0.15) is 6.29 Å². The van der Waals surface area contributed by atoms with Crippen molar-refractivity contribution in [3.63, 3.8) is 0 Å². The molecule has 1 atom stereocenters. The molecule has 1 unspecified atom stereocenters. The van der Waals surface area contributed by atoms with Crippen LogP contribution in [0.1, 0.15) is 135 Å². The van der Waals surface area contributed by atoms with Crippen molar-refractivity contribution in [1.29, 1.82) is 0 Å². The highest BCUT2D eigenvalue weighted by molar-refractivity contribution is 5.49. The van der Waals surface area contributed by atoms with Crippen LogP contribution in [0.5, 0.6) is 0 Å². The number of carbonyl (C=O) groups is 1. The van der Waals surface area contributed by atoms with Gasteiger partial charge in [0, 0.05) is 6.42 Å². The van der Waals surface area contributed by atoms with Gasteiger partial charge >= 0.3 is 0 Å². The Hall–Kier alpha value is -0.370. The lowest BCUT2D eigenvalue weighted by molar-refractivity contribution is -0.109. The second-order valence-electron chi connectivity index (χ2n) is 7.86. The molecule has 0 aromatic carbocycles. The third kappa shape index (κ3) is 21.6. The van der Waals surface area contributed by atoms with Gasteiger partial charge in [0.15, 0.2) is 0 Å². The minimum Gasteiger partial charge on any atom is -0.393 e. The molecule has 0 fully saturated rings. The molecule has 2 nitrogen and oxygen atoms in total. The number of unbranched alkanes of at least 4 members (excludes halogenated alkanes) is 17. The van der Waals surface area contributed by atoms with Crippen molar-refractivity contribution in [2.75, 3.05) is 0 Å². The second kappa shape index (κ2) is 21.7. The summed E-state index contributed by atoms with van der Waals surface area (Å²) < 4.78 is 0. The molecule has 0 aliphatic rings. The van der Waals surface area contributed by atoms with E-state index in [1.165, 1.54) is 109 Å². The van der Waals surface area contributed by atoms with E-state index in [0.717, 1.165) is 19.1 Å². The number of aldehydes is 1. The normalized spacial score (nSPS) is 12.4. The Morgan fingerprint density at radius 3 is 1.24 bits per heavy atom. The molecule has 0 radical (unpaired) electrons. The van der Waals surface area contributed by atoms with E-state index in [4.69, 9.17) is 0 Å². The molecule has 0 bridgehead atoms. The van der Waals surface area contributed by atoms with Gasteiger partial charge in [0.05, 0.1) is 6.10 Å². The fourth-order valence-electron chi connectivity index (χ4n) is 3.51. The van der Waals surface area contributed by atoms with Crippen molar-refractivity contribution in [3.05, 3.63) is 0 Å². The molecular weight excluding hydrogens is 308 g/mol. The van der Waals surface area contributed by atoms with Gasteiger partial charge in [-0.05, 0) is 6.42 Å². The summed E-state index contributed by atoms with van der Waals surface area (Å²) in [6, 6.07) is 0. The molecule has 0 amide bonds. The highest BCUT2D eigenvalue weighted by Crippen LogP contribution is 2.14. The zero-order valence-corrected chi connectivity index (χ0v) is 17.2. The van der Waals surface area contributed by atoms with E-state index in [9.17, 15) is 9.90 Å². The lowest BCUT2D eigenvalue weighted by atomic mass is 10.0. The molecule has 2 heteroatoms. The van der Waals surface area contributed by atoms with E-state index in [1.54, 1.807) is 0 Å². The molecular formula is C23H46O2. The van der Waals surface area contributed by atoms with E-state index in [0.29, 0.717) is 6.42 Å². The molecule has 0 spiro atoms. The van der Waals surface area contributed by atoms with Crippen LogP contribution in [-0.2, 0) is 4.79 Å². The van der Waals surface area contributed by atoms with Crippen molar-refractivity contribution in [2.24, 2.45) is 0 Å². The largest absolute Gasteiger partial charge is 0.393 e. The van der Waals surface area contributed by atoms with Crippen LogP contribution in [-0.4, -0.2) is 17.5 Å². The van der Waals surface area contributed by atoms with Crippen LogP contribution in [0.15, 0.2) is 0 Å². The topological polar surface area (TPSA) is 37.3 Å². The summed E-state index contributed by atoms with van der Waals surface area (Å²) in [5.74, 6) is 0. The molecule has 1 N–H and O–H groups in total. The molecule has 0 heterocycles. The van der Waals surface area contributed by atoms with Crippen LogP contribution >= 0.6 is 0 Å². The molecule has 0 saturated heterocycles. The molecule has 0 aliphatic carbocycles. The van der Waals surface area contributed by atoms with Crippen molar-refractivity contribution in [3.8, 4) is 0 Å². The Morgan fingerprint density at radius 1 is 0.600 bits per heavy atom. The number of hydrogen-bond acceptors (Lipinski definition) is 2. The van der Waals surface area contributed by atoms with Gasteiger partial charge < -0.3 is 9.90 Å². The van der Waals surface area contributed by atoms with Crippen molar-refractivity contribution < 1.29 is 9.90 Å². The first-order valence-electron chi connectivity index (χ1n) is 11.4. The predicted molar refractivity (Wildman–Crippen MR) is 110 cm³/mol. The number of aliphatic hydroxyl groups is 1. The van der Waals surface area contributed by atoms with Gasteiger partial charge in [-0.25, -0.2) is 0 Å². The summed E-state index contributed by atoms with van der Waals surface area (Å²) in [5, 5.41) is 9.45. The van der Waals surface area contributed by atoms with Gasteiger partial charge in [0.2, 0.25) is 0 Å². The second-order valence-corrected chi connectivity index (χ2v) is 7.86. The smallest absolute Gasteiger partial charge is 0.122 e. The van der Waals surface area contributed by atoms with Crippen LogP contribution in [0.2, 0.25) is 0 Å². The highest BCUT2D eigenvalue weighted by Gasteiger charge is 2.02. The number of hydrogen-bond donors (Lipinski definition) is 1. The molecule has 0 saturated carbocycles. The number of rotatable bonds is 21. The molecule has 150 valence electrons. The first kappa shape index (κ1) is 24.6. The molecule has 0 aromatic heterocycles. The van der Waals surface area contributed by atoms with E-state index in [2.05, 4.69) is 6.92 Å². The van der Waals surface area contributed by atoms with E-state index in [1.807, 2.05) is 0 Å². The van der Waals surface area contributed by atoms with Gasteiger partial charge in [-0.15, -0.1) is 0 Å². The average molecular weight is 355 g/mol. The minimum absolute atomic E-state index is 0.305. The minimum atomic E-state index is -0.404. The SMILES string of the molecule is CCCCCCCCCCCCCCCCCCCCC(O)CC=O. The monoisotopic (exact) mass is 354 g/mol. The van der Waals surface area contributed by atoms with Crippen LogP contribution in [0.3, 0.4) is 0 Å². The van der Waals surface area contributed by atoms with Crippen LogP contribution in [0, 0.1) is 0 Å². The Kier molecular flexibility index (Phi) is 21.4. The Balaban J connectivity index is 3.01. The van der Waals surface area contributed by atoms with Crippen LogP contribution in [0.4, 0.5) is 0 Å². The maximum absolute atomic E-state index is 10.2.